The zero-order chi connectivity index (χ0) is 16.7. The van der Waals surface area contributed by atoms with Crippen LogP contribution in [-0.4, -0.2) is 53.2 Å². The smallest absolute Gasteiger partial charge is 0.312 e. The number of ether oxygens (including phenoxy) is 1. The molecule has 4 bridgehead atoms. The summed E-state index contributed by atoms with van der Waals surface area (Å²) in [6.07, 6.45) is 5.37. The minimum absolute atomic E-state index is 0. The number of hydrogen-bond acceptors (Lipinski definition) is 4. The van der Waals surface area contributed by atoms with Crippen LogP contribution in [0, 0.1) is 17.3 Å². The van der Waals surface area contributed by atoms with Crippen molar-refractivity contribution in [3.63, 3.8) is 0 Å². The number of aliphatic hydroxyl groups excluding tert-OH is 1. The summed E-state index contributed by atoms with van der Waals surface area (Å²) in [7, 11) is 0. The van der Waals surface area contributed by atoms with Gasteiger partial charge in [-0.3, -0.25) is 4.79 Å². The summed E-state index contributed by atoms with van der Waals surface area (Å²) in [6.45, 7) is 6.57. The Balaban J connectivity index is 0.00000208. The Kier molecular flexibility index (Phi) is 6.50. The molecule has 4 fully saturated rings. The standard InChI is InChI=1S/C18H30ClNO3.ClH/c1-3-20(4-2)10-15(21)11-23-16(22)17-6-13-5-14(7-17)9-18(19,8-13)12-17;/h13-15,21H,3-12H2,1-2H3;1H. The highest BCUT2D eigenvalue weighted by molar-refractivity contribution is 6.24. The van der Waals surface area contributed by atoms with Gasteiger partial charge in [-0.1, -0.05) is 13.8 Å². The molecule has 4 nitrogen and oxygen atoms in total. The lowest BCUT2D eigenvalue weighted by Gasteiger charge is -2.58. The topological polar surface area (TPSA) is 49.8 Å². The van der Waals surface area contributed by atoms with E-state index in [1.807, 2.05) is 0 Å². The van der Waals surface area contributed by atoms with Crippen molar-refractivity contribution in [3.8, 4) is 0 Å². The number of alkyl halides is 1. The molecule has 4 aliphatic carbocycles. The lowest BCUT2D eigenvalue weighted by Crippen LogP contribution is -2.56. The van der Waals surface area contributed by atoms with Crippen molar-refractivity contribution in [1.82, 2.24) is 4.90 Å². The second-order valence-corrected chi connectivity index (χ2v) is 8.93. The largest absolute Gasteiger partial charge is 0.462 e. The Morgan fingerprint density at radius 2 is 1.83 bits per heavy atom. The van der Waals surface area contributed by atoms with Crippen LogP contribution in [0.15, 0.2) is 0 Å². The van der Waals surface area contributed by atoms with Gasteiger partial charge in [-0.05, 0) is 63.5 Å². The SMILES string of the molecule is CCN(CC)CC(O)COC(=O)C12CC3CC(CC(Cl)(C3)C1)C2.Cl. The van der Waals surface area contributed by atoms with Crippen LogP contribution in [0.3, 0.4) is 0 Å². The quantitative estimate of drug-likeness (QED) is 0.544. The number of rotatable bonds is 7. The zero-order valence-corrected chi connectivity index (χ0v) is 16.4. The summed E-state index contributed by atoms with van der Waals surface area (Å²) < 4.78 is 5.55. The predicted molar refractivity (Wildman–Crippen MR) is 97.7 cm³/mol. The van der Waals surface area contributed by atoms with Gasteiger partial charge in [0, 0.05) is 11.4 Å². The van der Waals surface area contributed by atoms with E-state index < -0.39 is 6.10 Å². The van der Waals surface area contributed by atoms with Crippen LogP contribution in [0.1, 0.15) is 52.4 Å². The minimum atomic E-state index is -0.613. The van der Waals surface area contributed by atoms with Crippen molar-refractivity contribution in [2.75, 3.05) is 26.2 Å². The molecule has 1 N–H and O–H groups in total. The summed E-state index contributed by atoms with van der Waals surface area (Å²) in [6, 6.07) is 0. The Morgan fingerprint density at radius 1 is 1.25 bits per heavy atom. The molecule has 3 unspecified atom stereocenters. The third-order valence-corrected chi connectivity index (χ3v) is 6.64. The highest BCUT2D eigenvalue weighted by Gasteiger charge is 2.60. The summed E-state index contributed by atoms with van der Waals surface area (Å²) in [5.74, 6) is 1.05. The van der Waals surface area contributed by atoms with Gasteiger partial charge in [-0.25, -0.2) is 0 Å². The molecule has 0 aliphatic heterocycles. The van der Waals surface area contributed by atoms with Gasteiger partial charge in [0.2, 0.25) is 0 Å². The van der Waals surface area contributed by atoms with Crippen molar-refractivity contribution >= 4 is 30.0 Å². The van der Waals surface area contributed by atoms with Crippen LogP contribution >= 0.6 is 24.0 Å². The molecule has 4 saturated carbocycles. The molecule has 140 valence electrons. The molecule has 24 heavy (non-hydrogen) atoms. The second-order valence-electron chi connectivity index (χ2n) is 8.13. The third kappa shape index (κ3) is 4.03. The fraction of sp³-hybridized carbons (Fsp3) is 0.944. The first kappa shape index (κ1) is 20.3. The van der Waals surface area contributed by atoms with Gasteiger partial charge < -0.3 is 14.7 Å². The number of carbonyl (C=O) groups is 1. The van der Waals surface area contributed by atoms with E-state index in [1.165, 1.54) is 6.42 Å². The third-order valence-electron chi connectivity index (χ3n) is 6.19. The first-order valence-electron chi connectivity index (χ1n) is 9.14. The van der Waals surface area contributed by atoms with Crippen LogP contribution in [0.25, 0.3) is 0 Å². The number of hydrogen-bond donors (Lipinski definition) is 1. The highest BCUT2D eigenvalue weighted by atomic mass is 35.5. The molecule has 0 aromatic carbocycles. The molecule has 4 aliphatic rings. The Hall–Kier alpha value is -0.0300. The normalized spacial score (nSPS) is 38.0. The van der Waals surface area contributed by atoms with Crippen LogP contribution < -0.4 is 0 Å². The number of esters is 1. The van der Waals surface area contributed by atoms with Crippen LogP contribution in [0.2, 0.25) is 0 Å². The van der Waals surface area contributed by atoms with Crippen LogP contribution in [-0.2, 0) is 9.53 Å². The zero-order valence-electron chi connectivity index (χ0n) is 14.8. The van der Waals surface area contributed by atoms with E-state index in [2.05, 4.69) is 18.7 Å². The van der Waals surface area contributed by atoms with Crippen LogP contribution in [0.5, 0.6) is 0 Å². The molecule has 0 heterocycles. The maximum absolute atomic E-state index is 12.8. The molecule has 4 rings (SSSR count). The number of carbonyl (C=O) groups excluding carboxylic acids is 1. The summed E-state index contributed by atoms with van der Waals surface area (Å²) in [5.41, 5.74) is -0.374. The summed E-state index contributed by atoms with van der Waals surface area (Å²) >= 11 is 6.77. The average Bonchev–Trinajstić information content (AvgIpc) is 2.47. The molecule has 3 atom stereocenters. The second kappa shape index (κ2) is 7.69. The lowest BCUT2D eigenvalue weighted by molar-refractivity contribution is -0.173. The average molecular weight is 380 g/mol. The van der Waals surface area contributed by atoms with Gasteiger partial charge in [0.15, 0.2) is 0 Å². The Labute approximate surface area is 156 Å². The van der Waals surface area contributed by atoms with E-state index in [-0.39, 0.29) is 35.3 Å². The van der Waals surface area contributed by atoms with Crippen molar-refractivity contribution in [2.24, 2.45) is 17.3 Å². The Morgan fingerprint density at radius 3 is 2.33 bits per heavy atom. The maximum atomic E-state index is 12.8. The van der Waals surface area contributed by atoms with E-state index in [9.17, 15) is 9.90 Å². The van der Waals surface area contributed by atoms with Crippen molar-refractivity contribution < 1.29 is 14.6 Å². The molecule has 0 amide bonds. The molecule has 0 aromatic heterocycles. The fourth-order valence-electron chi connectivity index (χ4n) is 5.55. The Bertz CT molecular complexity index is 442. The molecular weight excluding hydrogens is 349 g/mol. The van der Waals surface area contributed by atoms with Gasteiger partial charge in [0.05, 0.1) is 5.41 Å². The van der Waals surface area contributed by atoms with Crippen molar-refractivity contribution in [1.29, 1.82) is 0 Å². The first-order valence-corrected chi connectivity index (χ1v) is 9.52. The number of aliphatic hydroxyl groups is 1. The van der Waals surface area contributed by atoms with E-state index in [0.717, 1.165) is 45.2 Å². The predicted octanol–water partition coefficient (Wildman–Crippen LogP) is 3.23. The molecule has 0 aromatic rings. The van der Waals surface area contributed by atoms with E-state index in [0.29, 0.717) is 18.4 Å². The fourth-order valence-corrected chi connectivity index (χ4v) is 6.24. The van der Waals surface area contributed by atoms with Gasteiger partial charge in [0.1, 0.15) is 12.7 Å². The molecular formula is C18H31Cl2NO3. The number of halogens is 2. The molecule has 0 saturated heterocycles. The van der Waals surface area contributed by atoms with E-state index in [4.69, 9.17) is 16.3 Å². The van der Waals surface area contributed by atoms with Crippen molar-refractivity contribution in [2.45, 2.75) is 63.4 Å². The molecule has 6 heteroatoms. The number of likely N-dealkylation sites (N-methyl/N-ethyl adjacent to an activating group) is 1. The van der Waals surface area contributed by atoms with Gasteiger partial charge >= 0.3 is 5.97 Å². The molecule has 0 spiro atoms. The van der Waals surface area contributed by atoms with Crippen LogP contribution in [0.4, 0.5) is 0 Å². The molecule has 0 radical (unpaired) electrons. The summed E-state index contributed by atoms with van der Waals surface area (Å²) in [5, 5.41) is 10.1. The monoisotopic (exact) mass is 379 g/mol. The first-order chi connectivity index (χ1) is 10.9. The minimum Gasteiger partial charge on any atom is -0.462 e. The van der Waals surface area contributed by atoms with Crippen molar-refractivity contribution in [3.05, 3.63) is 0 Å². The van der Waals surface area contributed by atoms with E-state index in [1.54, 1.807) is 0 Å². The lowest BCUT2D eigenvalue weighted by atomic mass is 9.49. The highest BCUT2D eigenvalue weighted by Crippen LogP contribution is 2.64. The van der Waals surface area contributed by atoms with E-state index >= 15 is 0 Å². The van der Waals surface area contributed by atoms with Gasteiger partial charge in [0.25, 0.3) is 0 Å². The van der Waals surface area contributed by atoms with Gasteiger partial charge in [-0.15, -0.1) is 24.0 Å². The summed E-state index contributed by atoms with van der Waals surface area (Å²) in [4.78, 5) is 14.7. The maximum Gasteiger partial charge on any atom is 0.312 e. The van der Waals surface area contributed by atoms with Gasteiger partial charge in [-0.2, -0.15) is 0 Å². The number of nitrogens with zero attached hydrogens (tertiary/aromatic N) is 1.